The molecule has 2 heteroatoms. The van der Waals surface area contributed by atoms with Gasteiger partial charge in [-0.05, 0) is 30.0 Å². The average Bonchev–Trinajstić information content (AvgIpc) is 2.69. The molecule has 0 aliphatic heterocycles. The number of allylic oxidation sites excluding steroid dienone is 2. The summed E-state index contributed by atoms with van der Waals surface area (Å²) in [6.07, 6.45) is 3.83. The van der Waals surface area contributed by atoms with Gasteiger partial charge in [0.05, 0.1) is 0 Å². The van der Waals surface area contributed by atoms with E-state index in [0.29, 0.717) is 0 Å². The van der Waals surface area contributed by atoms with Crippen LogP contribution in [0.15, 0.2) is 35.9 Å². The zero-order valence-electron chi connectivity index (χ0n) is 8.27. The van der Waals surface area contributed by atoms with Crippen molar-refractivity contribution in [1.82, 2.24) is 0 Å². The monoisotopic (exact) mass is 194 g/mol. The molecule has 0 spiro atoms. The molecule has 1 aromatic carbocycles. The molecule has 0 radical (unpaired) electrons. The van der Waals surface area contributed by atoms with Crippen LogP contribution in [0.4, 0.5) is 0 Å². The Labute approximate surface area is 89.1 Å². The minimum Gasteiger partial charge on any atom is -0.192 e. The second kappa shape index (κ2) is 3.98. The van der Waals surface area contributed by atoms with Crippen molar-refractivity contribution in [3.63, 3.8) is 0 Å². The van der Waals surface area contributed by atoms with Crippen LogP contribution < -0.4 is 0 Å². The Morgan fingerprint density at radius 3 is 2.73 bits per heavy atom. The molecule has 2 nitrogen and oxygen atoms in total. The van der Waals surface area contributed by atoms with E-state index in [1.165, 1.54) is 11.1 Å². The van der Waals surface area contributed by atoms with Gasteiger partial charge in [0.25, 0.3) is 0 Å². The summed E-state index contributed by atoms with van der Waals surface area (Å²) in [7, 11) is 0. The molecule has 0 bridgehead atoms. The van der Waals surface area contributed by atoms with Crippen LogP contribution in [0.5, 0.6) is 0 Å². The molecule has 0 saturated carbocycles. The van der Waals surface area contributed by atoms with Crippen LogP contribution in [0.25, 0.3) is 0 Å². The van der Waals surface area contributed by atoms with Gasteiger partial charge in [0, 0.05) is 5.92 Å². The summed E-state index contributed by atoms with van der Waals surface area (Å²) in [4.78, 5) is 0. The van der Waals surface area contributed by atoms with Crippen molar-refractivity contribution in [2.45, 2.75) is 18.8 Å². The van der Waals surface area contributed by atoms with Gasteiger partial charge in [-0.15, -0.1) is 0 Å². The maximum absolute atomic E-state index is 8.69. The SMILES string of the molecule is N#CC(C#N)=CC1CCc2ccccc21. The zero-order chi connectivity index (χ0) is 10.7. The van der Waals surface area contributed by atoms with E-state index >= 15 is 0 Å². The number of nitrogens with zero attached hydrogens (tertiary/aromatic N) is 2. The smallest absolute Gasteiger partial charge is 0.126 e. The minimum atomic E-state index is 0.219. The molecule has 1 aromatic rings. The molecule has 1 aliphatic rings. The molecule has 0 amide bonds. The van der Waals surface area contributed by atoms with Crippen molar-refractivity contribution in [2.75, 3.05) is 0 Å². The highest BCUT2D eigenvalue weighted by atomic mass is 14.3. The second-order valence-electron chi connectivity index (χ2n) is 3.65. The summed E-state index contributed by atoms with van der Waals surface area (Å²) in [6, 6.07) is 12.0. The molecule has 1 atom stereocenters. The van der Waals surface area contributed by atoms with Gasteiger partial charge >= 0.3 is 0 Å². The molecule has 0 N–H and O–H groups in total. The maximum atomic E-state index is 8.69. The molecule has 15 heavy (non-hydrogen) atoms. The van der Waals surface area contributed by atoms with Crippen molar-refractivity contribution < 1.29 is 0 Å². The third-order valence-corrected chi connectivity index (χ3v) is 2.79. The van der Waals surface area contributed by atoms with Gasteiger partial charge in [0.1, 0.15) is 17.7 Å². The predicted octanol–water partition coefficient (Wildman–Crippen LogP) is 2.69. The molecule has 0 heterocycles. The number of nitriles is 2. The molecule has 72 valence electrons. The van der Waals surface area contributed by atoms with Crippen LogP contribution in [0.1, 0.15) is 23.5 Å². The van der Waals surface area contributed by atoms with Crippen LogP contribution in [-0.4, -0.2) is 0 Å². The Morgan fingerprint density at radius 1 is 1.27 bits per heavy atom. The van der Waals surface area contributed by atoms with E-state index in [4.69, 9.17) is 10.5 Å². The highest BCUT2D eigenvalue weighted by Crippen LogP contribution is 2.34. The van der Waals surface area contributed by atoms with Gasteiger partial charge in [0.15, 0.2) is 0 Å². The molecular formula is C13H10N2. The summed E-state index contributed by atoms with van der Waals surface area (Å²) in [5.74, 6) is 0.246. The van der Waals surface area contributed by atoms with Crippen LogP contribution in [-0.2, 0) is 6.42 Å². The molecule has 1 unspecified atom stereocenters. The highest BCUT2D eigenvalue weighted by Gasteiger charge is 2.20. The first-order chi connectivity index (χ1) is 7.35. The van der Waals surface area contributed by atoms with E-state index in [1.54, 1.807) is 6.08 Å². The van der Waals surface area contributed by atoms with E-state index in [9.17, 15) is 0 Å². The first-order valence-electron chi connectivity index (χ1n) is 4.95. The zero-order valence-corrected chi connectivity index (χ0v) is 8.27. The number of hydrogen-bond donors (Lipinski definition) is 0. The van der Waals surface area contributed by atoms with Crippen LogP contribution in [0.2, 0.25) is 0 Å². The Kier molecular flexibility index (Phi) is 2.52. The predicted molar refractivity (Wildman–Crippen MR) is 56.8 cm³/mol. The fourth-order valence-corrected chi connectivity index (χ4v) is 2.06. The van der Waals surface area contributed by atoms with Crippen LogP contribution in [0.3, 0.4) is 0 Å². The summed E-state index contributed by atoms with van der Waals surface area (Å²) in [6.45, 7) is 0. The molecular weight excluding hydrogens is 184 g/mol. The lowest BCUT2D eigenvalue weighted by atomic mass is 9.99. The second-order valence-corrected chi connectivity index (χ2v) is 3.65. The molecule has 0 aromatic heterocycles. The number of aryl methyl sites for hydroxylation is 1. The molecule has 2 rings (SSSR count). The van der Waals surface area contributed by atoms with E-state index in [1.807, 2.05) is 24.3 Å². The molecule has 0 fully saturated rings. The lowest BCUT2D eigenvalue weighted by molar-refractivity contribution is 0.812. The van der Waals surface area contributed by atoms with Crippen molar-refractivity contribution in [3.05, 3.63) is 47.0 Å². The highest BCUT2D eigenvalue weighted by molar-refractivity contribution is 5.43. The Hall–Kier alpha value is -2.06. The Bertz CT molecular complexity index is 470. The number of fused-ring (bicyclic) bond motifs is 1. The van der Waals surface area contributed by atoms with Gasteiger partial charge in [-0.2, -0.15) is 10.5 Å². The maximum Gasteiger partial charge on any atom is 0.126 e. The van der Waals surface area contributed by atoms with Gasteiger partial charge in [-0.3, -0.25) is 0 Å². The van der Waals surface area contributed by atoms with Crippen LogP contribution >= 0.6 is 0 Å². The summed E-state index contributed by atoms with van der Waals surface area (Å²) in [5, 5.41) is 17.4. The summed E-state index contributed by atoms with van der Waals surface area (Å²) in [5.41, 5.74) is 2.83. The lowest BCUT2D eigenvalue weighted by Crippen LogP contribution is -1.89. The fourth-order valence-electron chi connectivity index (χ4n) is 2.06. The Morgan fingerprint density at radius 2 is 2.00 bits per heavy atom. The normalized spacial score (nSPS) is 17.3. The first-order valence-corrected chi connectivity index (χ1v) is 4.95. The average molecular weight is 194 g/mol. The first kappa shape index (κ1) is 9.49. The van der Waals surface area contributed by atoms with Crippen molar-refractivity contribution in [2.24, 2.45) is 0 Å². The van der Waals surface area contributed by atoms with E-state index in [0.717, 1.165) is 12.8 Å². The quantitative estimate of drug-likeness (QED) is 0.645. The Balaban J connectivity index is 2.34. The largest absolute Gasteiger partial charge is 0.192 e. The summed E-state index contributed by atoms with van der Waals surface area (Å²) >= 11 is 0. The minimum absolute atomic E-state index is 0.219. The van der Waals surface area contributed by atoms with Crippen LogP contribution in [0, 0.1) is 22.7 Å². The number of rotatable bonds is 1. The van der Waals surface area contributed by atoms with Crippen molar-refractivity contribution in [1.29, 1.82) is 10.5 Å². The van der Waals surface area contributed by atoms with Gasteiger partial charge < -0.3 is 0 Å². The number of hydrogen-bond acceptors (Lipinski definition) is 2. The lowest BCUT2D eigenvalue weighted by Gasteiger charge is -2.04. The van der Waals surface area contributed by atoms with Gasteiger partial charge in [-0.1, -0.05) is 24.3 Å². The fraction of sp³-hybridized carbons (Fsp3) is 0.231. The molecule has 0 saturated heterocycles. The van der Waals surface area contributed by atoms with E-state index in [2.05, 4.69) is 12.1 Å². The van der Waals surface area contributed by atoms with Gasteiger partial charge in [-0.25, -0.2) is 0 Å². The standard InChI is InChI=1S/C13H10N2/c14-8-10(9-15)7-12-6-5-11-3-1-2-4-13(11)12/h1-4,7,12H,5-6H2. The van der Waals surface area contributed by atoms with Crippen molar-refractivity contribution in [3.8, 4) is 12.1 Å². The number of benzene rings is 1. The third kappa shape index (κ3) is 1.75. The third-order valence-electron chi connectivity index (χ3n) is 2.79. The van der Waals surface area contributed by atoms with Gasteiger partial charge in [0.2, 0.25) is 0 Å². The van der Waals surface area contributed by atoms with Crippen molar-refractivity contribution >= 4 is 0 Å². The topological polar surface area (TPSA) is 47.6 Å². The van der Waals surface area contributed by atoms with E-state index < -0.39 is 0 Å². The molecule has 1 aliphatic carbocycles. The van der Waals surface area contributed by atoms with E-state index in [-0.39, 0.29) is 11.5 Å². The summed E-state index contributed by atoms with van der Waals surface area (Å²) < 4.78 is 0.